The van der Waals surface area contributed by atoms with E-state index >= 15 is 0 Å². The van der Waals surface area contributed by atoms with Crippen molar-refractivity contribution in [3.63, 3.8) is 0 Å². The molecule has 0 aliphatic carbocycles. The number of nitrogens with one attached hydrogen (secondary N) is 2. The number of hydrogen-bond donors (Lipinski definition) is 2. The number of rotatable bonds is 7. The second-order valence-electron chi connectivity index (χ2n) is 6.01. The molecule has 0 aliphatic rings. The van der Waals surface area contributed by atoms with Crippen LogP contribution in [-0.4, -0.2) is 48.5 Å². The highest BCUT2D eigenvalue weighted by Gasteiger charge is 2.21. The van der Waals surface area contributed by atoms with Gasteiger partial charge in [0.05, 0.1) is 0 Å². The number of aromatic nitrogens is 1. The first-order chi connectivity index (χ1) is 9.80. The van der Waals surface area contributed by atoms with Crippen molar-refractivity contribution in [2.75, 3.05) is 32.5 Å². The first-order valence-electron chi connectivity index (χ1n) is 7.50. The van der Waals surface area contributed by atoms with Crippen LogP contribution in [0.25, 0.3) is 0 Å². The molecule has 2 N–H and O–H groups in total. The topological polar surface area (TPSA) is 57.3 Å². The molecule has 118 valence electrons. The van der Waals surface area contributed by atoms with Gasteiger partial charge >= 0.3 is 0 Å². The molecule has 0 atom stereocenters. The summed E-state index contributed by atoms with van der Waals surface area (Å²) < 4.78 is 0. The second-order valence-corrected chi connectivity index (χ2v) is 6.01. The minimum absolute atomic E-state index is 0.0545. The average Bonchev–Trinajstić information content (AvgIpc) is 2.44. The molecule has 0 saturated carbocycles. The standard InChI is InChI=1S/C16H28N4O/c1-7-13-9-12(10-14(19-13)17-8-2)15(21)18-11-16(3,4)20(5)6/h9-10H,7-8,11H2,1-6H3,(H,17,19)(H,18,21). The van der Waals surface area contributed by atoms with E-state index in [1.807, 2.05) is 34.0 Å². The molecule has 0 fully saturated rings. The van der Waals surface area contributed by atoms with Crippen LogP contribution < -0.4 is 10.6 Å². The Morgan fingerprint density at radius 1 is 1.29 bits per heavy atom. The molecule has 1 amide bonds. The number of pyridine rings is 1. The fourth-order valence-corrected chi connectivity index (χ4v) is 1.73. The van der Waals surface area contributed by atoms with Crippen molar-refractivity contribution in [2.45, 2.75) is 39.7 Å². The molecule has 1 aromatic heterocycles. The fourth-order valence-electron chi connectivity index (χ4n) is 1.73. The summed E-state index contributed by atoms with van der Waals surface area (Å²) in [7, 11) is 4.02. The first kappa shape index (κ1) is 17.4. The van der Waals surface area contributed by atoms with E-state index in [2.05, 4.69) is 34.4 Å². The SMILES string of the molecule is CCNc1cc(C(=O)NCC(C)(C)N(C)C)cc(CC)n1. The van der Waals surface area contributed by atoms with Crippen LogP contribution >= 0.6 is 0 Å². The number of nitrogens with zero attached hydrogens (tertiary/aromatic N) is 2. The van der Waals surface area contributed by atoms with Crippen molar-refractivity contribution in [1.82, 2.24) is 15.2 Å². The molecular formula is C16H28N4O. The number of hydrogen-bond acceptors (Lipinski definition) is 4. The van der Waals surface area contributed by atoms with Gasteiger partial charge in [0.1, 0.15) is 5.82 Å². The monoisotopic (exact) mass is 292 g/mol. The molecule has 5 nitrogen and oxygen atoms in total. The van der Waals surface area contributed by atoms with E-state index in [4.69, 9.17) is 0 Å². The highest BCUT2D eigenvalue weighted by molar-refractivity contribution is 5.95. The van der Waals surface area contributed by atoms with E-state index in [1.165, 1.54) is 0 Å². The molecule has 1 aromatic rings. The van der Waals surface area contributed by atoms with Gasteiger partial charge in [-0.05, 0) is 53.4 Å². The normalized spacial score (nSPS) is 11.6. The number of likely N-dealkylation sites (N-methyl/N-ethyl adjacent to an activating group) is 1. The van der Waals surface area contributed by atoms with Crippen molar-refractivity contribution >= 4 is 11.7 Å². The van der Waals surface area contributed by atoms with E-state index < -0.39 is 0 Å². The fraction of sp³-hybridized carbons (Fsp3) is 0.625. The minimum Gasteiger partial charge on any atom is -0.370 e. The lowest BCUT2D eigenvalue weighted by Crippen LogP contribution is -2.48. The molecule has 0 unspecified atom stereocenters. The van der Waals surface area contributed by atoms with E-state index in [9.17, 15) is 4.79 Å². The Morgan fingerprint density at radius 2 is 1.95 bits per heavy atom. The molecule has 1 heterocycles. The third-order valence-electron chi connectivity index (χ3n) is 3.75. The average molecular weight is 292 g/mol. The van der Waals surface area contributed by atoms with Gasteiger partial charge in [-0.25, -0.2) is 4.98 Å². The minimum atomic E-state index is -0.0826. The van der Waals surface area contributed by atoms with Gasteiger partial charge < -0.3 is 15.5 Å². The second kappa shape index (κ2) is 7.41. The predicted molar refractivity (Wildman–Crippen MR) is 87.9 cm³/mol. The first-order valence-corrected chi connectivity index (χ1v) is 7.50. The molecule has 0 aromatic carbocycles. The maximum atomic E-state index is 12.4. The Kier molecular flexibility index (Phi) is 6.15. The lowest BCUT2D eigenvalue weighted by atomic mass is 10.0. The Morgan fingerprint density at radius 3 is 2.48 bits per heavy atom. The number of amides is 1. The molecule has 21 heavy (non-hydrogen) atoms. The maximum absolute atomic E-state index is 12.4. The van der Waals surface area contributed by atoms with Gasteiger partial charge in [0.2, 0.25) is 0 Å². The van der Waals surface area contributed by atoms with Gasteiger partial charge in [0.15, 0.2) is 0 Å². The summed E-state index contributed by atoms with van der Waals surface area (Å²) in [6, 6.07) is 3.67. The van der Waals surface area contributed by atoms with Crippen LogP contribution in [0.1, 0.15) is 43.7 Å². The highest BCUT2D eigenvalue weighted by atomic mass is 16.1. The van der Waals surface area contributed by atoms with Crippen molar-refractivity contribution in [3.8, 4) is 0 Å². The zero-order valence-corrected chi connectivity index (χ0v) is 14.1. The lowest BCUT2D eigenvalue weighted by Gasteiger charge is -2.32. The van der Waals surface area contributed by atoms with Crippen LogP contribution in [0, 0.1) is 0 Å². The zero-order valence-electron chi connectivity index (χ0n) is 14.1. The van der Waals surface area contributed by atoms with Crippen molar-refractivity contribution in [1.29, 1.82) is 0 Å². The van der Waals surface area contributed by atoms with E-state index in [0.29, 0.717) is 12.1 Å². The van der Waals surface area contributed by atoms with Crippen LogP contribution in [0.5, 0.6) is 0 Å². The van der Waals surface area contributed by atoms with Crippen molar-refractivity contribution in [2.24, 2.45) is 0 Å². The highest BCUT2D eigenvalue weighted by Crippen LogP contribution is 2.13. The van der Waals surface area contributed by atoms with Crippen LogP contribution in [0.3, 0.4) is 0 Å². The Labute approximate surface area is 128 Å². The third-order valence-corrected chi connectivity index (χ3v) is 3.75. The molecule has 5 heteroatoms. The number of carbonyl (C=O) groups excluding carboxylic acids is 1. The predicted octanol–water partition coefficient (Wildman–Crippen LogP) is 2.15. The number of carbonyl (C=O) groups is 1. The van der Waals surface area contributed by atoms with E-state index in [-0.39, 0.29) is 11.4 Å². The molecular weight excluding hydrogens is 264 g/mol. The van der Waals surface area contributed by atoms with Gasteiger partial charge in [0.25, 0.3) is 5.91 Å². The van der Waals surface area contributed by atoms with Gasteiger partial charge in [0, 0.05) is 29.9 Å². The molecule has 1 rings (SSSR count). The summed E-state index contributed by atoms with van der Waals surface area (Å²) in [4.78, 5) is 18.9. The maximum Gasteiger partial charge on any atom is 0.251 e. The summed E-state index contributed by atoms with van der Waals surface area (Å²) in [5.74, 6) is 0.704. The quantitative estimate of drug-likeness (QED) is 0.808. The summed E-state index contributed by atoms with van der Waals surface area (Å²) in [6.07, 6.45) is 0.808. The molecule has 0 radical (unpaired) electrons. The Hall–Kier alpha value is -1.62. The van der Waals surface area contributed by atoms with Crippen LogP contribution in [-0.2, 0) is 6.42 Å². The molecule has 0 spiro atoms. The number of aryl methyl sites for hydroxylation is 1. The molecule has 0 aliphatic heterocycles. The molecule has 0 bridgehead atoms. The van der Waals surface area contributed by atoms with Gasteiger partial charge in [-0.3, -0.25) is 4.79 Å². The van der Waals surface area contributed by atoms with Crippen LogP contribution in [0.15, 0.2) is 12.1 Å². The largest absolute Gasteiger partial charge is 0.370 e. The smallest absolute Gasteiger partial charge is 0.251 e. The van der Waals surface area contributed by atoms with E-state index in [1.54, 1.807) is 6.07 Å². The Bertz CT molecular complexity index is 483. The summed E-state index contributed by atoms with van der Waals surface area (Å²) in [5.41, 5.74) is 1.50. The molecule has 0 saturated heterocycles. The third kappa shape index (κ3) is 5.01. The number of anilines is 1. The summed E-state index contributed by atoms with van der Waals surface area (Å²) in [5, 5.41) is 6.17. The van der Waals surface area contributed by atoms with Crippen molar-refractivity contribution in [3.05, 3.63) is 23.4 Å². The zero-order chi connectivity index (χ0) is 16.0. The lowest BCUT2D eigenvalue weighted by molar-refractivity contribution is 0.0919. The summed E-state index contributed by atoms with van der Waals surface area (Å²) in [6.45, 7) is 9.63. The van der Waals surface area contributed by atoms with Crippen LogP contribution in [0.4, 0.5) is 5.82 Å². The summed E-state index contributed by atoms with van der Waals surface area (Å²) >= 11 is 0. The van der Waals surface area contributed by atoms with Gasteiger partial charge in [-0.1, -0.05) is 6.92 Å². The van der Waals surface area contributed by atoms with Crippen LogP contribution in [0.2, 0.25) is 0 Å². The Balaban J connectivity index is 2.84. The van der Waals surface area contributed by atoms with Gasteiger partial charge in [-0.2, -0.15) is 0 Å². The van der Waals surface area contributed by atoms with Gasteiger partial charge in [-0.15, -0.1) is 0 Å². The van der Waals surface area contributed by atoms with E-state index in [0.717, 1.165) is 24.5 Å². The van der Waals surface area contributed by atoms with Crippen molar-refractivity contribution < 1.29 is 4.79 Å².